The quantitative estimate of drug-likeness (QED) is 0.315. The fourth-order valence-electron chi connectivity index (χ4n) is 9.54. The Kier molecular flexibility index (Phi) is 10.8. The van der Waals surface area contributed by atoms with E-state index in [2.05, 4.69) is 37.5 Å². The first-order chi connectivity index (χ1) is 25.8. The number of fused-ring (bicyclic) bond motifs is 1. The molecule has 54 heavy (non-hydrogen) atoms. The lowest BCUT2D eigenvalue weighted by molar-refractivity contribution is -0.199. The highest BCUT2D eigenvalue weighted by atomic mass is 16.7. The molecule has 8 rings (SSSR count). The van der Waals surface area contributed by atoms with Gasteiger partial charge in [-0.2, -0.15) is 0 Å². The number of nitrogens with zero attached hydrogens (tertiary/aromatic N) is 2. The first-order valence-electron chi connectivity index (χ1n) is 19.7. The van der Waals surface area contributed by atoms with Crippen molar-refractivity contribution in [3.05, 3.63) is 71.3 Å². The van der Waals surface area contributed by atoms with Gasteiger partial charge in [-0.1, -0.05) is 89.2 Å². The monoisotopic (exact) mass is 742 g/mol. The van der Waals surface area contributed by atoms with Crippen molar-refractivity contribution < 1.29 is 38.0 Å². The molecular weight excluding hydrogens is 687 g/mol. The topological polar surface area (TPSA) is 136 Å². The number of benzene rings is 2. The normalized spacial score (nSPS) is 29.0. The van der Waals surface area contributed by atoms with Gasteiger partial charge in [0.15, 0.2) is 0 Å². The molecule has 0 radical (unpaired) electrons. The van der Waals surface area contributed by atoms with E-state index < -0.39 is 54.9 Å². The van der Waals surface area contributed by atoms with Crippen LogP contribution in [0.15, 0.2) is 54.6 Å². The molecule has 2 N–H and O–H groups in total. The first kappa shape index (κ1) is 38.2. The third kappa shape index (κ3) is 7.33. The summed E-state index contributed by atoms with van der Waals surface area (Å²) in [5, 5.41) is 5.90. The van der Waals surface area contributed by atoms with Gasteiger partial charge >= 0.3 is 19.3 Å². The number of nitrogens with one attached hydrogen (secondary N) is 2. The van der Waals surface area contributed by atoms with Gasteiger partial charge in [0.25, 0.3) is 0 Å². The van der Waals surface area contributed by atoms with E-state index in [0.717, 1.165) is 30.4 Å². The summed E-state index contributed by atoms with van der Waals surface area (Å²) < 4.78 is 24.7. The van der Waals surface area contributed by atoms with Gasteiger partial charge in [-0.15, -0.1) is 0 Å². The summed E-state index contributed by atoms with van der Waals surface area (Å²) in [6.07, 6.45) is 1.43. The molecule has 2 aromatic rings. The molecule has 0 aromatic heterocycles. The van der Waals surface area contributed by atoms with E-state index in [-0.39, 0.29) is 42.9 Å². The highest BCUT2D eigenvalue weighted by Crippen LogP contribution is 2.65. The maximum Gasteiger partial charge on any atom is 0.481 e. The number of amides is 4. The van der Waals surface area contributed by atoms with E-state index in [1.165, 1.54) is 10.5 Å². The molecule has 2 saturated heterocycles. The van der Waals surface area contributed by atoms with Crippen molar-refractivity contribution in [2.24, 2.45) is 23.2 Å². The molecule has 2 aromatic carbocycles. The van der Waals surface area contributed by atoms with Crippen molar-refractivity contribution in [1.29, 1.82) is 0 Å². The SMILES string of the molecule is CC[C@H](NC(=O)[C@@H]1C[C@@H](OC(=O)N2CCc3ccccc3C2)CN1C(=O)[C@@H](NC(=O)OCc1ccccc1)C(C)C)B1O[C@@H]2C[C@H]3C[C@H](C3(C)C)[C@]2(C)O1. The third-order valence-corrected chi connectivity index (χ3v) is 13.0. The molecule has 8 atom stereocenters. The summed E-state index contributed by atoms with van der Waals surface area (Å²) >= 11 is 0. The van der Waals surface area contributed by atoms with Crippen LogP contribution in [0, 0.1) is 23.2 Å². The standard InChI is InChI=1S/C41H55BN4O8/c1-7-34(42-53-33-20-29-19-32(40(29,4)5)41(33,6)54-42)43-36(47)31-21-30(52-39(50)45-18-17-27-15-11-12-16-28(27)22-45)23-46(31)37(48)35(25(2)3)44-38(49)51-24-26-13-9-8-10-14-26/h8-16,25,29-35H,7,17-24H2,1-6H3,(H,43,47)(H,44,49)/t29-,30-,31+,32-,33-,34+,35+,41+/m1/s1. The van der Waals surface area contributed by atoms with Crippen molar-refractivity contribution in [3.63, 3.8) is 0 Å². The minimum absolute atomic E-state index is 0.00255. The summed E-state index contributed by atoms with van der Waals surface area (Å²) in [6, 6.07) is 15.4. The van der Waals surface area contributed by atoms with E-state index in [9.17, 15) is 19.2 Å². The van der Waals surface area contributed by atoms with Gasteiger partial charge in [0, 0.05) is 19.5 Å². The molecule has 3 aliphatic carbocycles. The van der Waals surface area contributed by atoms with E-state index in [1.807, 2.05) is 69.3 Å². The van der Waals surface area contributed by atoms with Crippen LogP contribution in [0.1, 0.15) is 83.9 Å². The molecular formula is C41H55BN4O8. The van der Waals surface area contributed by atoms with Crippen molar-refractivity contribution in [2.75, 3.05) is 13.1 Å². The Labute approximate surface area is 319 Å². The zero-order valence-electron chi connectivity index (χ0n) is 32.4. The van der Waals surface area contributed by atoms with E-state index in [0.29, 0.717) is 31.3 Å². The Morgan fingerprint density at radius 2 is 1.69 bits per heavy atom. The van der Waals surface area contributed by atoms with E-state index in [1.54, 1.807) is 4.90 Å². The summed E-state index contributed by atoms with van der Waals surface area (Å²) in [7, 11) is -0.630. The number of likely N-dealkylation sites (tertiary alicyclic amines) is 1. The molecule has 4 amide bonds. The Hall–Kier alpha value is -4.10. The smallest absolute Gasteiger partial charge is 0.445 e. The second-order valence-electron chi connectivity index (χ2n) is 17.0. The molecule has 13 heteroatoms. The second-order valence-corrected chi connectivity index (χ2v) is 17.0. The molecule has 0 spiro atoms. The Morgan fingerprint density at radius 1 is 0.963 bits per heavy atom. The number of carbonyl (C=O) groups excluding carboxylic acids is 4. The number of hydrogen-bond donors (Lipinski definition) is 2. The lowest BCUT2D eigenvalue weighted by atomic mass is 9.43. The van der Waals surface area contributed by atoms with Gasteiger partial charge in [0.1, 0.15) is 24.8 Å². The van der Waals surface area contributed by atoms with Crippen LogP contribution in [-0.2, 0) is 47.9 Å². The van der Waals surface area contributed by atoms with Crippen molar-refractivity contribution in [1.82, 2.24) is 20.4 Å². The molecule has 6 aliphatic rings. The van der Waals surface area contributed by atoms with Crippen molar-refractivity contribution in [2.45, 2.75) is 123 Å². The van der Waals surface area contributed by atoms with Gasteiger partial charge < -0.3 is 39.2 Å². The highest BCUT2D eigenvalue weighted by Gasteiger charge is 2.68. The number of rotatable bonds is 10. The predicted octanol–water partition coefficient (Wildman–Crippen LogP) is 5.26. The fourth-order valence-corrected chi connectivity index (χ4v) is 9.54. The van der Waals surface area contributed by atoms with Gasteiger partial charge in [-0.05, 0) is 72.5 Å². The van der Waals surface area contributed by atoms with Gasteiger partial charge in [-0.25, -0.2) is 9.59 Å². The van der Waals surface area contributed by atoms with Gasteiger partial charge in [0.2, 0.25) is 11.8 Å². The van der Waals surface area contributed by atoms with Crippen LogP contribution in [0.25, 0.3) is 0 Å². The van der Waals surface area contributed by atoms with Gasteiger partial charge in [-0.3, -0.25) is 9.59 Å². The van der Waals surface area contributed by atoms with Crippen LogP contribution in [0.2, 0.25) is 0 Å². The number of carbonyl (C=O) groups is 4. The van der Waals surface area contributed by atoms with Crippen LogP contribution in [0.5, 0.6) is 0 Å². The Balaban J connectivity index is 1.06. The second kappa shape index (κ2) is 15.2. The van der Waals surface area contributed by atoms with Crippen LogP contribution < -0.4 is 10.6 Å². The van der Waals surface area contributed by atoms with Gasteiger partial charge in [0.05, 0.1) is 24.2 Å². The largest absolute Gasteiger partial charge is 0.481 e. The number of hydrogen-bond acceptors (Lipinski definition) is 8. The van der Waals surface area contributed by atoms with Crippen LogP contribution in [0.3, 0.4) is 0 Å². The molecule has 290 valence electrons. The Morgan fingerprint density at radius 3 is 2.39 bits per heavy atom. The molecule has 3 aliphatic heterocycles. The maximum absolute atomic E-state index is 14.4. The van der Waals surface area contributed by atoms with Crippen molar-refractivity contribution in [3.8, 4) is 0 Å². The first-order valence-corrected chi connectivity index (χ1v) is 19.7. The van der Waals surface area contributed by atoms with Crippen LogP contribution in [0.4, 0.5) is 9.59 Å². The summed E-state index contributed by atoms with van der Waals surface area (Å²) in [5.41, 5.74) is 2.84. The van der Waals surface area contributed by atoms with E-state index in [4.69, 9.17) is 18.8 Å². The van der Waals surface area contributed by atoms with Crippen molar-refractivity contribution >= 4 is 31.1 Å². The molecule has 3 heterocycles. The minimum atomic E-state index is -0.988. The lowest BCUT2D eigenvalue weighted by Crippen LogP contribution is -2.65. The molecule has 0 unspecified atom stereocenters. The maximum atomic E-state index is 14.4. The lowest BCUT2D eigenvalue weighted by Gasteiger charge is -2.64. The zero-order chi connectivity index (χ0) is 38.4. The van der Waals surface area contributed by atoms with Crippen LogP contribution >= 0.6 is 0 Å². The summed E-state index contributed by atoms with van der Waals surface area (Å²) in [5.74, 6) is -0.657. The number of ether oxygens (including phenoxy) is 2. The Bertz CT molecular complexity index is 1730. The fraction of sp³-hybridized carbons (Fsp3) is 0.610. The molecule has 3 saturated carbocycles. The van der Waals surface area contributed by atoms with E-state index >= 15 is 0 Å². The molecule has 2 bridgehead atoms. The zero-order valence-corrected chi connectivity index (χ0v) is 32.4. The highest BCUT2D eigenvalue weighted by molar-refractivity contribution is 6.47. The predicted molar refractivity (Wildman–Crippen MR) is 202 cm³/mol. The average molecular weight is 743 g/mol. The summed E-state index contributed by atoms with van der Waals surface area (Å²) in [6.45, 7) is 13.4. The molecule has 5 fully saturated rings. The third-order valence-electron chi connectivity index (χ3n) is 13.0. The average Bonchev–Trinajstić information content (AvgIpc) is 3.75. The minimum Gasteiger partial charge on any atom is -0.445 e. The number of alkyl carbamates (subject to hydrolysis) is 1. The summed E-state index contributed by atoms with van der Waals surface area (Å²) in [4.78, 5) is 58.3. The molecule has 12 nitrogen and oxygen atoms in total. The van der Waals surface area contributed by atoms with Crippen LogP contribution in [-0.4, -0.2) is 89.8 Å².